The van der Waals surface area contributed by atoms with Gasteiger partial charge in [0, 0.05) is 0 Å². The van der Waals surface area contributed by atoms with Gasteiger partial charge in [0.05, 0.1) is 0 Å². The molecule has 0 radical (unpaired) electrons. The Morgan fingerprint density at radius 2 is 1.59 bits per heavy atom. The number of halogens is 5. The molecule has 1 aromatic carbocycles. The molecule has 3 nitrogen and oxygen atoms in total. The molecule has 0 unspecified atom stereocenters. The van der Waals surface area contributed by atoms with Crippen molar-refractivity contribution in [2.45, 2.75) is 17.0 Å². The van der Waals surface area contributed by atoms with E-state index in [9.17, 15) is 31.5 Å². The molecule has 2 rings (SSSR count). The van der Waals surface area contributed by atoms with Crippen LogP contribution >= 0.6 is 0 Å². The van der Waals surface area contributed by atoms with Crippen molar-refractivity contribution in [3.8, 4) is 0 Å². The maximum atomic E-state index is 13.9. The molecule has 116 valence electrons. The van der Waals surface area contributed by atoms with E-state index in [0.29, 0.717) is 12.8 Å². The van der Waals surface area contributed by atoms with Crippen molar-refractivity contribution in [2.75, 3.05) is 0 Å². The Balaban J connectivity index is 2.61. The van der Waals surface area contributed by atoms with Gasteiger partial charge in [0.1, 0.15) is 0 Å². The molecule has 1 aliphatic heterocycles. The fourth-order valence-corrected chi connectivity index (χ4v) is 10.1. The zero-order valence-electron chi connectivity index (χ0n) is 11.0. The molecule has 22 heavy (non-hydrogen) atoms. The predicted octanol–water partition coefficient (Wildman–Crippen LogP) is 3.47. The molecule has 0 bridgehead atoms. The topological polar surface area (TPSA) is 43.4 Å². The average Bonchev–Trinajstić information content (AvgIpc) is 2.52. The summed E-state index contributed by atoms with van der Waals surface area (Å²) in [5.74, 6) is -10.3. The van der Waals surface area contributed by atoms with Crippen molar-refractivity contribution >= 4 is 35.0 Å². The van der Waals surface area contributed by atoms with E-state index in [-0.39, 0.29) is 14.0 Å². The zero-order chi connectivity index (χ0) is 16.4. The molecule has 0 fully saturated rings. The van der Waals surface area contributed by atoms with Crippen LogP contribution in [0.4, 0.5) is 26.7 Å². The summed E-state index contributed by atoms with van der Waals surface area (Å²) < 4.78 is 70.8. The number of carbonyl (C=O) groups is 2. The minimum atomic E-state index is -3.67. The summed E-state index contributed by atoms with van der Waals surface area (Å²) in [6.45, 7) is -0.107. The van der Waals surface area contributed by atoms with Gasteiger partial charge in [-0.2, -0.15) is 0 Å². The monoisotopic (exact) mass is 422 g/mol. The number of hydrogen-bond donors (Lipinski definition) is 0. The van der Waals surface area contributed by atoms with E-state index >= 15 is 0 Å². The SMILES string of the molecule is O=CO[C](=O)[In]1[CH2]CCC=[C]1c1c(F)c(F)c(F)c(F)c1F. The van der Waals surface area contributed by atoms with Gasteiger partial charge in [-0.1, -0.05) is 0 Å². The number of hydrogen-bond acceptors (Lipinski definition) is 3. The van der Waals surface area contributed by atoms with Gasteiger partial charge in [0.25, 0.3) is 0 Å². The maximum absolute atomic E-state index is 13.9. The van der Waals surface area contributed by atoms with Crippen LogP contribution in [0.3, 0.4) is 0 Å². The van der Waals surface area contributed by atoms with E-state index in [2.05, 4.69) is 4.74 Å². The Hall–Kier alpha value is -1.38. The quantitative estimate of drug-likeness (QED) is 0.247. The molecule has 0 aromatic heterocycles. The fraction of sp³-hybridized carbons (Fsp3) is 0.231. The van der Waals surface area contributed by atoms with Crippen molar-refractivity contribution in [3.05, 3.63) is 40.7 Å². The summed E-state index contributed by atoms with van der Waals surface area (Å²) in [6.07, 6.45) is 2.18. The van der Waals surface area contributed by atoms with E-state index < -0.39 is 59.8 Å². The molecule has 0 spiro atoms. The Morgan fingerprint density at radius 1 is 1.05 bits per heavy atom. The second-order valence-corrected chi connectivity index (χ2v) is 12.5. The molecule has 0 saturated heterocycles. The van der Waals surface area contributed by atoms with Gasteiger partial charge in [-0.25, -0.2) is 0 Å². The van der Waals surface area contributed by atoms with E-state index in [1.165, 1.54) is 6.08 Å². The summed E-state index contributed by atoms with van der Waals surface area (Å²) in [5.41, 5.74) is -1.07. The Morgan fingerprint density at radius 3 is 2.14 bits per heavy atom. The van der Waals surface area contributed by atoms with E-state index in [4.69, 9.17) is 0 Å². The molecule has 0 saturated carbocycles. The normalized spacial score (nSPS) is 14.6. The molecule has 1 heterocycles. The summed E-state index contributed by atoms with van der Waals surface area (Å²) in [4.78, 5) is 22.0. The molecule has 1 aliphatic rings. The van der Waals surface area contributed by atoms with E-state index in [1.807, 2.05) is 0 Å². The summed E-state index contributed by atoms with van der Waals surface area (Å²) >= 11 is -3.67. The van der Waals surface area contributed by atoms with Crippen LogP contribution in [0.1, 0.15) is 18.4 Å². The van der Waals surface area contributed by atoms with Gasteiger partial charge in [0.2, 0.25) is 0 Å². The summed E-state index contributed by atoms with van der Waals surface area (Å²) in [6, 6.07) is 0. The second-order valence-electron chi connectivity index (χ2n) is 4.62. The third-order valence-electron chi connectivity index (χ3n) is 3.38. The number of ether oxygens (including phenoxy) is 1. The van der Waals surface area contributed by atoms with Gasteiger partial charge in [-0.05, 0) is 0 Å². The Kier molecular flexibility index (Phi) is 5.25. The number of carbonyl (C=O) groups excluding carboxylic acids is 2. The first-order chi connectivity index (χ1) is 10.4. The van der Waals surface area contributed by atoms with Crippen molar-refractivity contribution in [1.29, 1.82) is 0 Å². The number of benzene rings is 1. The van der Waals surface area contributed by atoms with Crippen LogP contribution in [0, 0.1) is 29.1 Å². The molecule has 1 aromatic rings. The first kappa shape index (κ1) is 17.0. The van der Waals surface area contributed by atoms with Crippen LogP contribution in [-0.4, -0.2) is 31.6 Å². The Bertz CT molecular complexity index is 645. The fourth-order valence-electron chi connectivity index (χ4n) is 2.39. The van der Waals surface area contributed by atoms with Gasteiger partial charge in [-0.15, -0.1) is 0 Å². The first-order valence-electron chi connectivity index (χ1n) is 6.26. The third-order valence-corrected chi connectivity index (χ3v) is 11.8. The van der Waals surface area contributed by atoms with Crippen molar-refractivity contribution in [2.24, 2.45) is 0 Å². The number of allylic oxidation sites excluding steroid dienone is 1. The standard InChI is InChI=1S/C11H7F5.C2HO3.In/c1-2-3-4-5-6-7(12)9(14)11(16)10(15)8(6)13;3-1-5-2-4;/h4H,1-3H2;1H;. The summed E-state index contributed by atoms with van der Waals surface area (Å²) in [7, 11) is 0. The third kappa shape index (κ3) is 2.90. The molecular weight excluding hydrogens is 414 g/mol. The van der Waals surface area contributed by atoms with Crippen LogP contribution in [0.25, 0.3) is 3.33 Å². The van der Waals surface area contributed by atoms with Crippen LogP contribution in [0.5, 0.6) is 0 Å². The van der Waals surface area contributed by atoms with Gasteiger partial charge in [0.15, 0.2) is 0 Å². The first-order valence-corrected chi connectivity index (χ1v) is 11.9. The van der Waals surface area contributed by atoms with Crippen LogP contribution in [0.15, 0.2) is 6.08 Å². The van der Waals surface area contributed by atoms with Gasteiger partial charge in [-0.3, -0.25) is 0 Å². The molecular formula is C13H8F5InO3. The predicted molar refractivity (Wildman–Crippen MR) is 66.5 cm³/mol. The van der Waals surface area contributed by atoms with E-state index in [0.717, 1.165) is 0 Å². The van der Waals surface area contributed by atoms with Crippen molar-refractivity contribution in [3.63, 3.8) is 0 Å². The minimum absolute atomic E-state index is 0.107. The average molecular weight is 422 g/mol. The van der Waals surface area contributed by atoms with Crippen LogP contribution in [-0.2, 0) is 9.53 Å². The zero-order valence-corrected chi connectivity index (χ0v) is 14.3. The number of rotatable bonds is 3. The second kappa shape index (κ2) is 6.80. The summed E-state index contributed by atoms with van der Waals surface area (Å²) in [5, 5.41) is 0. The molecule has 0 atom stereocenters. The van der Waals surface area contributed by atoms with E-state index in [1.54, 1.807) is 0 Å². The Labute approximate surface area is 129 Å². The van der Waals surface area contributed by atoms with Crippen molar-refractivity contribution < 1.29 is 36.3 Å². The molecule has 0 N–H and O–H groups in total. The van der Waals surface area contributed by atoms with Crippen molar-refractivity contribution in [1.82, 2.24) is 0 Å². The van der Waals surface area contributed by atoms with Gasteiger partial charge < -0.3 is 0 Å². The van der Waals surface area contributed by atoms with Crippen LogP contribution < -0.4 is 0 Å². The van der Waals surface area contributed by atoms with Gasteiger partial charge >= 0.3 is 129 Å². The molecule has 0 aliphatic carbocycles. The molecule has 0 amide bonds. The van der Waals surface area contributed by atoms with Crippen LogP contribution in [0.2, 0.25) is 4.18 Å². The molecule has 9 heteroatoms.